The Labute approximate surface area is 214 Å². The van der Waals surface area contributed by atoms with E-state index in [0.717, 1.165) is 25.7 Å². The minimum atomic E-state index is -5.28. The third-order valence-corrected chi connectivity index (χ3v) is 5.37. The smallest absolute Gasteiger partial charge is 0.790 e. The summed E-state index contributed by atoms with van der Waals surface area (Å²) in [6.07, 6.45) is -0.519. The number of nitrogens with one attached hydrogen (secondary N) is 1. The molecular formula is C16H26Li2N7O7P. The van der Waals surface area contributed by atoms with Gasteiger partial charge in [0.05, 0.1) is 14.4 Å². The molecule has 1 fully saturated rings. The Bertz CT molecular complexity index is 934. The molecule has 3 rings (SSSR count). The third-order valence-electron chi connectivity index (χ3n) is 4.91. The summed E-state index contributed by atoms with van der Waals surface area (Å²) in [5.41, 5.74) is 11.9. The second-order valence-electron chi connectivity index (χ2n) is 7.16. The molecule has 1 aliphatic rings. The van der Waals surface area contributed by atoms with Crippen LogP contribution in [0.4, 0.5) is 11.8 Å². The van der Waals surface area contributed by atoms with Crippen LogP contribution in [0.3, 0.4) is 0 Å². The number of unbranched alkanes of at least 4 members (excludes halogenated alkanes) is 3. The number of hydrogen-bond donors (Lipinski definition) is 5. The van der Waals surface area contributed by atoms with Crippen LogP contribution in [0.2, 0.25) is 0 Å². The van der Waals surface area contributed by atoms with Gasteiger partial charge in [-0.3, -0.25) is 4.57 Å². The number of aromatic nitrogens is 4. The van der Waals surface area contributed by atoms with Crippen molar-refractivity contribution >= 4 is 30.8 Å². The van der Waals surface area contributed by atoms with Crippen molar-refractivity contribution in [3.63, 3.8) is 0 Å². The molecule has 17 heteroatoms. The Hall–Kier alpha value is -0.705. The Kier molecular flexibility index (Phi) is 12.3. The van der Waals surface area contributed by atoms with E-state index in [2.05, 4.69) is 24.8 Å². The number of imidazole rings is 1. The predicted octanol–water partition coefficient (Wildman–Crippen LogP) is -8.19. The molecule has 0 spiro atoms. The molecule has 0 aromatic carbocycles. The topological polar surface area (TPSA) is 230 Å². The third kappa shape index (κ3) is 7.64. The first-order valence-corrected chi connectivity index (χ1v) is 11.3. The van der Waals surface area contributed by atoms with E-state index in [9.17, 15) is 24.6 Å². The van der Waals surface area contributed by atoms with E-state index in [-0.39, 0.29) is 60.7 Å². The van der Waals surface area contributed by atoms with Gasteiger partial charge in [0.15, 0.2) is 23.2 Å². The molecule has 1 aliphatic heterocycles. The number of nitrogens with zero attached hydrogens (tertiary/aromatic N) is 4. The van der Waals surface area contributed by atoms with Gasteiger partial charge in [0, 0.05) is 6.54 Å². The van der Waals surface area contributed by atoms with Crippen molar-refractivity contribution in [2.75, 3.05) is 30.7 Å². The van der Waals surface area contributed by atoms with E-state index >= 15 is 0 Å². The van der Waals surface area contributed by atoms with E-state index in [4.69, 9.17) is 16.2 Å². The number of ether oxygens (including phenoxy) is 1. The van der Waals surface area contributed by atoms with Crippen LogP contribution in [0.25, 0.3) is 11.2 Å². The molecule has 4 atom stereocenters. The van der Waals surface area contributed by atoms with Crippen LogP contribution in [-0.2, 0) is 13.8 Å². The van der Waals surface area contributed by atoms with Gasteiger partial charge in [0.2, 0.25) is 5.95 Å². The molecule has 1 saturated heterocycles. The summed E-state index contributed by atoms with van der Waals surface area (Å²) in [4.78, 5) is 34.0. The van der Waals surface area contributed by atoms with Gasteiger partial charge in [0.1, 0.15) is 24.6 Å². The first-order valence-electron chi connectivity index (χ1n) is 9.83. The number of phosphoric ester groups is 1. The maximum Gasteiger partial charge on any atom is 1.00 e. The molecule has 7 N–H and O–H groups in total. The summed E-state index contributed by atoms with van der Waals surface area (Å²) in [5.74, 6) is 0.387. The van der Waals surface area contributed by atoms with E-state index in [1.165, 1.54) is 10.9 Å². The molecule has 174 valence electrons. The molecule has 2 aromatic heterocycles. The number of aliphatic hydroxyl groups is 2. The van der Waals surface area contributed by atoms with Crippen LogP contribution in [0.1, 0.15) is 31.9 Å². The number of fused-ring (bicyclic) bond motifs is 1. The largest absolute Gasteiger partial charge is 1.00 e. The van der Waals surface area contributed by atoms with E-state index in [1.807, 2.05) is 0 Å². The summed E-state index contributed by atoms with van der Waals surface area (Å²) in [6, 6.07) is 0. The number of anilines is 2. The molecule has 3 heterocycles. The molecule has 14 nitrogen and oxygen atoms in total. The molecule has 0 bridgehead atoms. The number of aliphatic hydroxyl groups excluding tert-OH is 2. The number of nitrogens with two attached hydrogens (primary N) is 2. The predicted molar refractivity (Wildman–Crippen MR) is 105 cm³/mol. The quantitative estimate of drug-likeness (QED) is 0.116. The van der Waals surface area contributed by atoms with Crippen LogP contribution >= 0.6 is 7.82 Å². The minimum absolute atomic E-state index is 0. The van der Waals surface area contributed by atoms with Crippen LogP contribution in [-0.4, -0.2) is 67.7 Å². The average molecular weight is 473 g/mol. The minimum Gasteiger partial charge on any atom is -0.790 e. The molecule has 33 heavy (non-hydrogen) atoms. The van der Waals surface area contributed by atoms with Crippen molar-refractivity contribution in [1.82, 2.24) is 19.5 Å². The van der Waals surface area contributed by atoms with Gasteiger partial charge in [0.25, 0.3) is 0 Å². The Balaban J connectivity index is 0.00000272. The van der Waals surface area contributed by atoms with Crippen molar-refractivity contribution in [3.8, 4) is 0 Å². The molecule has 0 unspecified atom stereocenters. The maximum atomic E-state index is 10.8. The van der Waals surface area contributed by atoms with Gasteiger partial charge in [-0.15, -0.1) is 0 Å². The SMILES string of the molecule is NCCCCCCNc1nc2c(N)ncnc2n1[C@@H]1O[C@H](COP(=O)([O-])[O-])[C@@H](O)[C@H]1O.[Li+].[Li+]. The summed E-state index contributed by atoms with van der Waals surface area (Å²) in [6.45, 7) is 0.445. The van der Waals surface area contributed by atoms with Gasteiger partial charge >= 0.3 is 37.7 Å². The molecule has 2 aromatic rings. The second-order valence-corrected chi connectivity index (χ2v) is 8.31. The Morgan fingerprint density at radius 1 is 1.18 bits per heavy atom. The fourth-order valence-electron chi connectivity index (χ4n) is 3.36. The van der Waals surface area contributed by atoms with Gasteiger partial charge in [-0.25, -0.2) is 15.0 Å². The summed E-state index contributed by atoms with van der Waals surface area (Å²) in [5, 5.41) is 23.9. The zero-order chi connectivity index (χ0) is 22.6. The zero-order valence-electron chi connectivity index (χ0n) is 18.7. The van der Waals surface area contributed by atoms with Gasteiger partial charge in [-0.05, 0) is 19.4 Å². The van der Waals surface area contributed by atoms with Crippen molar-refractivity contribution in [3.05, 3.63) is 6.33 Å². The van der Waals surface area contributed by atoms with Crippen LogP contribution in [0.5, 0.6) is 0 Å². The van der Waals surface area contributed by atoms with E-state index in [0.29, 0.717) is 13.1 Å². The van der Waals surface area contributed by atoms with E-state index in [1.54, 1.807) is 0 Å². The number of phosphoric acid groups is 1. The Morgan fingerprint density at radius 2 is 1.88 bits per heavy atom. The summed E-state index contributed by atoms with van der Waals surface area (Å²) in [7, 11) is -5.28. The van der Waals surface area contributed by atoms with Crippen molar-refractivity contribution in [2.24, 2.45) is 5.73 Å². The molecule has 0 radical (unpaired) electrons. The van der Waals surface area contributed by atoms with Gasteiger partial charge in [-0.2, -0.15) is 0 Å². The molecular weight excluding hydrogens is 447 g/mol. The first kappa shape index (κ1) is 30.3. The molecule has 0 amide bonds. The van der Waals surface area contributed by atoms with E-state index < -0.39 is 39.0 Å². The maximum absolute atomic E-state index is 10.8. The molecule has 0 aliphatic carbocycles. The van der Waals surface area contributed by atoms with Crippen molar-refractivity contribution in [1.29, 1.82) is 0 Å². The second kappa shape index (κ2) is 13.4. The first-order chi connectivity index (χ1) is 14.7. The standard InChI is InChI=1S/C16H28N7O7P.2Li/c17-5-3-1-2-4-6-19-16-22-10-13(18)20-8-21-14(10)23(16)15-12(25)11(24)9(30-15)7-29-31(26,27)28;;/h8-9,11-12,15,24-25H,1-7,17H2,(H,19,22)(H2,18,20,21)(H2,26,27,28);;/q;2*+1/p-2/t9-,11-,12-,15-;;/m1../s1. The number of hydrogen-bond acceptors (Lipinski definition) is 13. The van der Waals surface area contributed by atoms with Gasteiger partial charge in [-0.1, -0.05) is 12.8 Å². The fraction of sp³-hybridized carbons (Fsp3) is 0.688. The summed E-state index contributed by atoms with van der Waals surface area (Å²) < 4.78 is 22.0. The molecule has 0 saturated carbocycles. The normalized spacial score (nSPS) is 22.7. The van der Waals surface area contributed by atoms with Gasteiger partial charge < -0.3 is 50.6 Å². The summed E-state index contributed by atoms with van der Waals surface area (Å²) >= 11 is 0. The van der Waals surface area contributed by atoms with Crippen molar-refractivity contribution in [2.45, 2.75) is 50.2 Å². The number of nitrogen functional groups attached to an aromatic ring is 1. The van der Waals surface area contributed by atoms with Crippen LogP contribution < -0.4 is 64.3 Å². The van der Waals surface area contributed by atoms with Crippen molar-refractivity contribution < 1.29 is 71.5 Å². The fourth-order valence-corrected chi connectivity index (χ4v) is 3.69. The van der Waals surface area contributed by atoms with Crippen LogP contribution in [0.15, 0.2) is 6.33 Å². The Morgan fingerprint density at radius 3 is 2.55 bits per heavy atom. The monoisotopic (exact) mass is 473 g/mol. The zero-order valence-corrected chi connectivity index (χ0v) is 19.6. The average Bonchev–Trinajstić information content (AvgIpc) is 3.21. The van der Waals surface area contributed by atoms with Crippen LogP contribution in [0, 0.1) is 0 Å². The number of rotatable bonds is 11.